The van der Waals surface area contributed by atoms with Gasteiger partial charge in [0.25, 0.3) is 0 Å². The Morgan fingerprint density at radius 3 is 3.20 bits per heavy atom. The van der Waals surface area contributed by atoms with E-state index in [2.05, 4.69) is 16.3 Å². The average Bonchev–Trinajstić information content (AvgIpc) is 3.08. The molecule has 0 saturated heterocycles. The molecule has 3 heterocycles. The summed E-state index contributed by atoms with van der Waals surface area (Å²) in [5, 5.41) is 2.14. The van der Waals surface area contributed by atoms with Crippen molar-refractivity contribution >= 4 is 17.2 Å². The van der Waals surface area contributed by atoms with Crippen LogP contribution < -0.4 is 0 Å². The summed E-state index contributed by atoms with van der Waals surface area (Å²) in [7, 11) is 1.82. The fourth-order valence-electron chi connectivity index (χ4n) is 2.48. The van der Waals surface area contributed by atoms with Crippen molar-refractivity contribution in [2.45, 2.75) is 19.5 Å². The van der Waals surface area contributed by atoms with Gasteiger partial charge >= 0.3 is 0 Å². The van der Waals surface area contributed by atoms with Gasteiger partial charge in [-0.05, 0) is 35.6 Å². The van der Waals surface area contributed by atoms with Crippen LogP contribution in [0.5, 0.6) is 0 Å². The molecule has 0 aliphatic carbocycles. The Labute approximate surface area is 122 Å². The van der Waals surface area contributed by atoms with Gasteiger partial charge in [0.05, 0.1) is 19.4 Å². The molecule has 0 fully saturated rings. The predicted octanol–water partition coefficient (Wildman–Crippen LogP) is 2.36. The number of amides is 1. The zero-order chi connectivity index (χ0) is 13.9. The number of hydrogen-bond donors (Lipinski definition) is 0. The van der Waals surface area contributed by atoms with Crippen LogP contribution in [0, 0.1) is 0 Å². The van der Waals surface area contributed by atoms with Crippen LogP contribution in [0.25, 0.3) is 0 Å². The van der Waals surface area contributed by atoms with E-state index in [9.17, 15) is 4.79 Å². The highest BCUT2D eigenvalue weighted by atomic mass is 32.1. The Morgan fingerprint density at radius 2 is 2.40 bits per heavy atom. The number of hydrogen-bond acceptors (Lipinski definition) is 4. The molecule has 0 bridgehead atoms. The van der Waals surface area contributed by atoms with Crippen molar-refractivity contribution in [3.8, 4) is 0 Å². The summed E-state index contributed by atoms with van der Waals surface area (Å²) in [5.41, 5.74) is 1.38. The first-order valence-electron chi connectivity index (χ1n) is 6.76. The van der Waals surface area contributed by atoms with E-state index >= 15 is 0 Å². The van der Waals surface area contributed by atoms with Crippen molar-refractivity contribution in [2.75, 3.05) is 20.1 Å². The number of likely N-dealkylation sites (N-methyl/N-ethyl adjacent to an activating group) is 1. The van der Waals surface area contributed by atoms with Crippen molar-refractivity contribution in [3.05, 3.63) is 46.0 Å². The zero-order valence-corrected chi connectivity index (χ0v) is 12.4. The van der Waals surface area contributed by atoms with Crippen LogP contribution in [0.2, 0.25) is 0 Å². The number of carbonyl (C=O) groups is 1. The molecular formula is C15H18N2O2S. The standard InChI is InChI=1S/C15H18N2O2S/c1-16(10-13-3-2-7-19-13)15(18)11-17-6-4-14-12(9-17)5-8-20-14/h2-3,5,7-8H,4,6,9-11H2,1H3. The lowest BCUT2D eigenvalue weighted by atomic mass is 10.1. The lowest BCUT2D eigenvalue weighted by molar-refractivity contribution is -0.132. The topological polar surface area (TPSA) is 36.7 Å². The maximum atomic E-state index is 12.2. The maximum absolute atomic E-state index is 12.2. The Morgan fingerprint density at radius 1 is 1.50 bits per heavy atom. The molecule has 2 aromatic rings. The number of rotatable bonds is 4. The first-order valence-corrected chi connectivity index (χ1v) is 7.64. The van der Waals surface area contributed by atoms with Crippen molar-refractivity contribution in [1.29, 1.82) is 0 Å². The normalized spacial score (nSPS) is 15.1. The maximum Gasteiger partial charge on any atom is 0.236 e. The van der Waals surface area contributed by atoms with E-state index in [0.717, 1.165) is 25.3 Å². The second-order valence-electron chi connectivity index (χ2n) is 5.16. The van der Waals surface area contributed by atoms with E-state index in [1.807, 2.05) is 30.5 Å². The van der Waals surface area contributed by atoms with E-state index in [1.54, 1.807) is 11.2 Å². The monoisotopic (exact) mass is 290 g/mol. The summed E-state index contributed by atoms with van der Waals surface area (Å²) < 4.78 is 5.27. The Kier molecular flexibility index (Phi) is 3.89. The molecule has 5 heteroatoms. The molecule has 1 aliphatic heterocycles. The number of thiophene rings is 1. The lowest BCUT2D eigenvalue weighted by Crippen LogP contribution is -2.40. The highest BCUT2D eigenvalue weighted by Crippen LogP contribution is 2.23. The summed E-state index contributed by atoms with van der Waals surface area (Å²) >= 11 is 1.82. The quantitative estimate of drug-likeness (QED) is 0.867. The van der Waals surface area contributed by atoms with Crippen molar-refractivity contribution in [2.24, 2.45) is 0 Å². The summed E-state index contributed by atoms with van der Waals surface area (Å²) in [5.74, 6) is 0.958. The van der Waals surface area contributed by atoms with Gasteiger partial charge in [-0.2, -0.15) is 0 Å². The third kappa shape index (κ3) is 2.94. The van der Waals surface area contributed by atoms with E-state index < -0.39 is 0 Å². The summed E-state index contributed by atoms with van der Waals surface area (Å²) in [6.45, 7) is 2.86. The minimum Gasteiger partial charge on any atom is -0.467 e. The molecule has 0 atom stereocenters. The fourth-order valence-corrected chi connectivity index (χ4v) is 3.37. The van der Waals surface area contributed by atoms with Gasteiger partial charge in [-0.1, -0.05) is 0 Å². The Bertz CT molecular complexity index is 576. The van der Waals surface area contributed by atoms with Gasteiger partial charge in [-0.15, -0.1) is 11.3 Å². The molecule has 0 unspecified atom stereocenters. The van der Waals surface area contributed by atoms with Gasteiger partial charge < -0.3 is 9.32 Å². The predicted molar refractivity (Wildman–Crippen MR) is 78.5 cm³/mol. The van der Waals surface area contributed by atoms with Gasteiger partial charge in [0.15, 0.2) is 0 Å². The van der Waals surface area contributed by atoms with E-state index in [1.165, 1.54) is 10.4 Å². The minimum atomic E-state index is 0.139. The van der Waals surface area contributed by atoms with E-state index in [-0.39, 0.29) is 5.91 Å². The number of furan rings is 1. The molecule has 0 N–H and O–H groups in total. The molecule has 2 aromatic heterocycles. The van der Waals surface area contributed by atoms with Crippen LogP contribution in [0.1, 0.15) is 16.2 Å². The molecule has 4 nitrogen and oxygen atoms in total. The number of carbonyl (C=O) groups excluding carboxylic acids is 1. The molecule has 0 spiro atoms. The lowest BCUT2D eigenvalue weighted by Gasteiger charge is -2.28. The highest BCUT2D eigenvalue weighted by Gasteiger charge is 2.21. The minimum absolute atomic E-state index is 0.139. The van der Waals surface area contributed by atoms with Crippen molar-refractivity contribution in [3.63, 3.8) is 0 Å². The van der Waals surface area contributed by atoms with Gasteiger partial charge in [-0.25, -0.2) is 0 Å². The van der Waals surface area contributed by atoms with Crippen LogP contribution in [-0.4, -0.2) is 35.8 Å². The Balaban J connectivity index is 1.54. The molecule has 3 rings (SSSR count). The third-order valence-corrected chi connectivity index (χ3v) is 4.67. The second kappa shape index (κ2) is 5.81. The average molecular weight is 290 g/mol. The molecule has 0 aromatic carbocycles. The number of nitrogens with zero attached hydrogens (tertiary/aromatic N) is 2. The van der Waals surface area contributed by atoms with Gasteiger partial charge in [0, 0.05) is 25.0 Å². The van der Waals surface area contributed by atoms with Crippen LogP contribution in [0.4, 0.5) is 0 Å². The molecular weight excluding hydrogens is 272 g/mol. The highest BCUT2D eigenvalue weighted by molar-refractivity contribution is 7.10. The van der Waals surface area contributed by atoms with Crippen molar-refractivity contribution in [1.82, 2.24) is 9.80 Å². The van der Waals surface area contributed by atoms with Gasteiger partial charge in [-0.3, -0.25) is 9.69 Å². The summed E-state index contributed by atoms with van der Waals surface area (Å²) in [6, 6.07) is 5.90. The number of fused-ring (bicyclic) bond motifs is 1. The van der Waals surface area contributed by atoms with E-state index in [0.29, 0.717) is 13.1 Å². The smallest absolute Gasteiger partial charge is 0.236 e. The van der Waals surface area contributed by atoms with Crippen LogP contribution in [0.3, 0.4) is 0 Å². The summed E-state index contributed by atoms with van der Waals surface area (Å²) in [6.07, 6.45) is 2.69. The molecule has 20 heavy (non-hydrogen) atoms. The molecule has 0 saturated carbocycles. The molecule has 1 aliphatic rings. The van der Waals surface area contributed by atoms with Crippen molar-refractivity contribution < 1.29 is 9.21 Å². The second-order valence-corrected chi connectivity index (χ2v) is 6.16. The molecule has 106 valence electrons. The third-order valence-electron chi connectivity index (χ3n) is 3.64. The van der Waals surface area contributed by atoms with E-state index in [4.69, 9.17) is 4.42 Å². The van der Waals surface area contributed by atoms with Crippen LogP contribution in [-0.2, 0) is 24.3 Å². The largest absolute Gasteiger partial charge is 0.467 e. The molecule has 0 radical (unpaired) electrons. The zero-order valence-electron chi connectivity index (χ0n) is 11.5. The summed E-state index contributed by atoms with van der Waals surface area (Å²) in [4.78, 5) is 17.6. The van der Waals surface area contributed by atoms with Crippen LogP contribution >= 0.6 is 11.3 Å². The van der Waals surface area contributed by atoms with Crippen LogP contribution in [0.15, 0.2) is 34.3 Å². The Hall–Kier alpha value is -1.59. The van der Waals surface area contributed by atoms with Gasteiger partial charge in [0.2, 0.25) is 5.91 Å². The first-order chi connectivity index (χ1) is 9.72. The first kappa shape index (κ1) is 13.4. The fraction of sp³-hybridized carbons (Fsp3) is 0.400. The van der Waals surface area contributed by atoms with Gasteiger partial charge in [0.1, 0.15) is 5.76 Å². The SMILES string of the molecule is CN(Cc1ccco1)C(=O)CN1CCc2sccc2C1. The molecule has 1 amide bonds.